The Morgan fingerprint density at radius 1 is 1.35 bits per heavy atom. The van der Waals surface area contributed by atoms with Crippen molar-refractivity contribution in [3.8, 4) is 0 Å². The van der Waals surface area contributed by atoms with E-state index in [1.54, 1.807) is 24.3 Å². The highest BCUT2D eigenvalue weighted by Gasteiger charge is 2.22. The van der Waals surface area contributed by atoms with Crippen LogP contribution >= 0.6 is 11.6 Å². The van der Waals surface area contributed by atoms with Gasteiger partial charge in [-0.15, -0.1) is 0 Å². The summed E-state index contributed by atoms with van der Waals surface area (Å²) in [5, 5.41) is 16.0. The van der Waals surface area contributed by atoms with E-state index in [1.807, 2.05) is 6.92 Å². The number of hydrogen-bond acceptors (Lipinski definition) is 2. The average molecular weight is 299 g/mol. The second kappa shape index (κ2) is 6.95. The lowest BCUT2D eigenvalue weighted by atomic mass is 9.88. The van der Waals surface area contributed by atoms with E-state index in [-0.39, 0.29) is 24.0 Å². The van der Waals surface area contributed by atoms with Crippen LogP contribution < -0.4 is 10.6 Å². The molecule has 0 saturated heterocycles. The van der Waals surface area contributed by atoms with Gasteiger partial charge in [-0.05, 0) is 18.4 Å². The summed E-state index contributed by atoms with van der Waals surface area (Å²) in [6.45, 7) is 8.22. The van der Waals surface area contributed by atoms with E-state index in [1.165, 1.54) is 0 Å². The molecule has 1 rings (SSSR count). The lowest BCUT2D eigenvalue weighted by Gasteiger charge is -2.28. The Bertz CT molecular complexity index is 457. The number of urea groups is 1. The van der Waals surface area contributed by atoms with E-state index in [9.17, 15) is 9.90 Å². The molecule has 1 aromatic carbocycles. The van der Waals surface area contributed by atoms with Gasteiger partial charge >= 0.3 is 6.03 Å². The van der Waals surface area contributed by atoms with Crippen LogP contribution in [0.3, 0.4) is 0 Å². The summed E-state index contributed by atoms with van der Waals surface area (Å²) in [6.07, 6.45) is -0.820. The highest BCUT2D eigenvalue weighted by atomic mass is 35.5. The maximum absolute atomic E-state index is 11.8. The summed E-state index contributed by atoms with van der Waals surface area (Å²) in [5.74, 6) is 0. The molecule has 4 nitrogen and oxygen atoms in total. The van der Waals surface area contributed by atoms with Crippen LogP contribution in [-0.2, 0) is 0 Å². The SMILES string of the molecule is CC(NC(=O)NCC(O)c1ccccc1Cl)C(C)(C)C. The highest BCUT2D eigenvalue weighted by molar-refractivity contribution is 6.31. The fourth-order valence-corrected chi connectivity index (χ4v) is 1.77. The van der Waals surface area contributed by atoms with Crippen LogP contribution in [0.5, 0.6) is 0 Å². The van der Waals surface area contributed by atoms with E-state index in [0.717, 1.165) is 0 Å². The zero-order valence-corrected chi connectivity index (χ0v) is 13.2. The number of carbonyl (C=O) groups is 1. The van der Waals surface area contributed by atoms with Crippen molar-refractivity contribution in [3.63, 3.8) is 0 Å². The molecule has 0 aliphatic carbocycles. The van der Waals surface area contributed by atoms with Gasteiger partial charge in [-0.3, -0.25) is 0 Å². The van der Waals surface area contributed by atoms with Crippen molar-refractivity contribution in [2.45, 2.75) is 39.8 Å². The third-order valence-corrected chi connectivity index (χ3v) is 3.71. The predicted molar refractivity (Wildman–Crippen MR) is 81.9 cm³/mol. The van der Waals surface area contributed by atoms with Crippen molar-refractivity contribution in [3.05, 3.63) is 34.9 Å². The number of aliphatic hydroxyl groups is 1. The van der Waals surface area contributed by atoms with Crippen molar-refractivity contribution in [2.75, 3.05) is 6.54 Å². The Hall–Kier alpha value is -1.26. The Kier molecular flexibility index (Phi) is 5.84. The maximum Gasteiger partial charge on any atom is 0.315 e. The summed E-state index contributed by atoms with van der Waals surface area (Å²) >= 11 is 5.99. The van der Waals surface area contributed by atoms with Crippen molar-refractivity contribution in [2.24, 2.45) is 5.41 Å². The molecular weight excluding hydrogens is 276 g/mol. The van der Waals surface area contributed by atoms with E-state index >= 15 is 0 Å². The minimum Gasteiger partial charge on any atom is -0.387 e. The van der Waals surface area contributed by atoms with Gasteiger partial charge in [0.2, 0.25) is 0 Å². The van der Waals surface area contributed by atoms with Crippen LogP contribution in [0.15, 0.2) is 24.3 Å². The first kappa shape index (κ1) is 16.8. The van der Waals surface area contributed by atoms with E-state index in [0.29, 0.717) is 10.6 Å². The fourth-order valence-electron chi connectivity index (χ4n) is 1.51. The van der Waals surface area contributed by atoms with Gasteiger partial charge in [-0.1, -0.05) is 50.6 Å². The predicted octanol–water partition coefficient (Wildman–Crippen LogP) is 3.11. The number of benzene rings is 1. The van der Waals surface area contributed by atoms with E-state index < -0.39 is 6.10 Å². The summed E-state index contributed by atoms with van der Waals surface area (Å²) in [6, 6.07) is 6.78. The molecule has 0 bridgehead atoms. The van der Waals surface area contributed by atoms with Crippen molar-refractivity contribution in [1.82, 2.24) is 10.6 Å². The first-order chi connectivity index (χ1) is 9.21. The van der Waals surface area contributed by atoms with Gasteiger partial charge in [-0.2, -0.15) is 0 Å². The van der Waals surface area contributed by atoms with Crippen LogP contribution in [0, 0.1) is 5.41 Å². The van der Waals surface area contributed by atoms with Crippen molar-refractivity contribution >= 4 is 17.6 Å². The number of hydrogen-bond donors (Lipinski definition) is 3. The molecule has 2 unspecified atom stereocenters. The van der Waals surface area contributed by atoms with Crippen LogP contribution in [-0.4, -0.2) is 23.7 Å². The van der Waals surface area contributed by atoms with Crippen LogP contribution in [0.2, 0.25) is 5.02 Å². The van der Waals surface area contributed by atoms with Gasteiger partial charge in [0.15, 0.2) is 0 Å². The molecule has 0 aliphatic rings. The van der Waals surface area contributed by atoms with Gasteiger partial charge in [0.1, 0.15) is 0 Å². The largest absolute Gasteiger partial charge is 0.387 e. The van der Waals surface area contributed by atoms with Gasteiger partial charge in [0.25, 0.3) is 0 Å². The topological polar surface area (TPSA) is 61.4 Å². The maximum atomic E-state index is 11.8. The highest BCUT2D eigenvalue weighted by Crippen LogP contribution is 2.22. The third kappa shape index (κ3) is 5.02. The lowest BCUT2D eigenvalue weighted by molar-refractivity contribution is 0.170. The molecule has 5 heteroatoms. The summed E-state index contributed by atoms with van der Waals surface area (Å²) in [4.78, 5) is 11.8. The Labute approximate surface area is 125 Å². The Balaban J connectivity index is 2.48. The summed E-state index contributed by atoms with van der Waals surface area (Å²) < 4.78 is 0. The monoisotopic (exact) mass is 298 g/mol. The standard InChI is InChI=1S/C15H23ClN2O2/c1-10(15(2,3)4)18-14(20)17-9-13(19)11-7-5-6-8-12(11)16/h5-8,10,13,19H,9H2,1-4H3,(H2,17,18,20). The van der Waals surface area contributed by atoms with E-state index in [2.05, 4.69) is 31.4 Å². The number of carbonyl (C=O) groups excluding carboxylic acids is 1. The second-order valence-electron chi connectivity index (χ2n) is 5.98. The second-order valence-corrected chi connectivity index (χ2v) is 6.39. The number of rotatable bonds is 4. The van der Waals surface area contributed by atoms with Crippen molar-refractivity contribution < 1.29 is 9.90 Å². The summed E-state index contributed by atoms with van der Waals surface area (Å²) in [7, 11) is 0. The molecular formula is C15H23ClN2O2. The fraction of sp³-hybridized carbons (Fsp3) is 0.533. The average Bonchev–Trinajstić information content (AvgIpc) is 2.35. The molecule has 1 aromatic rings. The molecule has 0 fully saturated rings. The zero-order chi connectivity index (χ0) is 15.3. The first-order valence-corrected chi connectivity index (χ1v) is 7.06. The number of halogens is 1. The molecule has 0 heterocycles. The van der Waals surface area contributed by atoms with Gasteiger partial charge < -0.3 is 15.7 Å². The molecule has 0 saturated carbocycles. The Morgan fingerprint density at radius 2 is 1.95 bits per heavy atom. The molecule has 0 aromatic heterocycles. The molecule has 112 valence electrons. The van der Waals surface area contributed by atoms with Crippen LogP contribution in [0.25, 0.3) is 0 Å². The minimum atomic E-state index is -0.820. The number of aliphatic hydroxyl groups excluding tert-OH is 1. The molecule has 2 atom stereocenters. The third-order valence-electron chi connectivity index (χ3n) is 3.37. The van der Waals surface area contributed by atoms with Gasteiger partial charge in [0, 0.05) is 23.2 Å². The van der Waals surface area contributed by atoms with Gasteiger partial charge in [0.05, 0.1) is 6.10 Å². The number of nitrogens with one attached hydrogen (secondary N) is 2. The molecule has 0 aliphatic heterocycles. The smallest absolute Gasteiger partial charge is 0.315 e. The quantitative estimate of drug-likeness (QED) is 0.800. The lowest BCUT2D eigenvalue weighted by Crippen LogP contribution is -2.47. The van der Waals surface area contributed by atoms with E-state index in [4.69, 9.17) is 11.6 Å². The molecule has 2 amide bonds. The van der Waals surface area contributed by atoms with Crippen molar-refractivity contribution in [1.29, 1.82) is 0 Å². The first-order valence-electron chi connectivity index (χ1n) is 6.68. The molecule has 3 N–H and O–H groups in total. The minimum absolute atomic E-state index is 0.0152. The zero-order valence-electron chi connectivity index (χ0n) is 12.4. The molecule has 0 radical (unpaired) electrons. The van der Waals surface area contributed by atoms with Crippen LogP contribution in [0.1, 0.15) is 39.4 Å². The normalized spacial score (nSPS) is 14.5. The molecule has 0 spiro atoms. The number of amides is 2. The molecule has 20 heavy (non-hydrogen) atoms. The van der Waals surface area contributed by atoms with Crippen LogP contribution in [0.4, 0.5) is 4.79 Å². The van der Waals surface area contributed by atoms with Gasteiger partial charge in [-0.25, -0.2) is 4.79 Å². The Morgan fingerprint density at radius 3 is 2.50 bits per heavy atom. The summed E-state index contributed by atoms with van der Waals surface area (Å²) in [5.41, 5.74) is 0.594.